The zero-order valence-corrected chi connectivity index (χ0v) is 15.3. The Morgan fingerprint density at radius 1 is 1.04 bits per heavy atom. The number of methoxy groups -OCH3 is 1. The molecule has 2 rings (SSSR count). The molecule has 24 heavy (non-hydrogen) atoms. The first-order valence-corrected chi connectivity index (χ1v) is 9.73. The molecule has 4 nitrogen and oxygen atoms in total. The zero-order chi connectivity index (χ0) is 17.6. The van der Waals surface area contributed by atoms with Gasteiger partial charge in [0, 0.05) is 13.1 Å². The van der Waals surface area contributed by atoms with Gasteiger partial charge in [-0.1, -0.05) is 37.3 Å². The van der Waals surface area contributed by atoms with E-state index in [-0.39, 0.29) is 5.75 Å². The Hall–Kier alpha value is -1.85. The number of aryl methyl sites for hydroxylation is 1. The number of benzene rings is 2. The minimum atomic E-state index is -3.31. The molecular formula is C19H25NO3S. The van der Waals surface area contributed by atoms with Crippen molar-refractivity contribution in [2.45, 2.75) is 24.8 Å². The predicted molar refractivity (Wildman–Crippen MR) is 97.2 cm³/mol. The molecule has 0 N–H and O–H groups in total. The van der Waals surface area contributed by atoms with Crippen LogP contribution in [0, 0.1) is 0 Å². The molecule has 0 aliphatic rings. The van der Waals surface area contributed by atoms with Gasteiger partial charge in [-0.3, -0.25) is 0 Å². The summed E-state index contributed by atoms with van der Waals surface area (Å²) in [5, 5.41) is 0. The van der Waals surface area contributed by atoms with Crippen molar-refractivity contribution < 1.29 is 13.2 Å². The lowest BCUT2D eigenvalue weighted by molar-refractivity contribution is 0.346. The van der Waals surface area contributed by atoms with Crippen molar-refractivity contribution in [3.05, 3.63) is 59.7 Å². The molecular weight excluding hydrogens is 322 g/mol. The van der Waals surface area contributed by atoms with Crippen molar-refractivity contribution in [1.29, 1.82) is 0 Å². The summed E-state index contributed by atoms with van der Waals surface area (Å²) in [5.41, 5.74) is 2.50. The van der Waals surface area contributed by atoms with E-state index in [1.165, 1.54) is 18.2 Å². The second-order valence-corrected chi connectivity index (χ2v) is 8.01. The molecule has 0 saturated carbocycles. The Kier molecular flexibility index (Phi) is 6.40. The molecule has 0 saturated heterocycles. The molecule has 0 radical (unpaired) electrons. The van der Waals surface area contributed by atoms with Crippen LogP contribution in [-0.2, 0) is 22.8 Å². The third kappa shape index (κ3) is 5.08. The second kappa shape index (κ2) is 8.31. The van der Waals surface area contributed by atoms with Crippen molar-refractivity contribution >= 4 is 9.84 Å². The molecule has 130 valence electrons. The van der Waals surface area contributed by atoms with Gasteiger partial charge in [0.2, 0.25) is 0 Å². The summed E-state index contributed by atoms with van der Waals surface area (Å²) >= 11 is 0. The quantitative estimate of drug-likeness (QED) is 0.736. The summed E-state index contributed by atoms with van der Waals surface area (Å²) in [4.78, 5) is 2.33. The van der Waals surface area contributed by atoms with Gasteiger partial charge in [-0.25, -0.2) is 8.42 Å². The largest absolute Gasteiger partial charge is 0.497 e. The highest BCUT2D eigenvalue weighted by Crippen LogP contribution is 2.18. The van der Waals surface area contributed by atoms with Gasteiger partial charge in [-0.05, 0) is 42.8 Å². The van der Waals surface area contributed by atoms with Gasteiger partial charge in [-0.2, -0.15) is 0 Å². The molecule has 0 atom stereocenters. The number of hydrogen-bond acceptors (Lipinski definition) is 4. The summed E-state index contributed by atoms with van der Waals surface area (Å²) < 4.78 is 30.0. The van der Waals surface area contributed by atoms with E-state index in [0.717, 1.165) is 13.0 Å². The van der Waals surface area contributed by atoms with E-state index >= 15 is 0 Å². The summed E-state index contributed by atoms with van der Waals surface area (Å²) in [5.74, 6) is 0.643. The SMILES string of the molecule is CCc1ccc(CN(C)CCS(=O)(=O)c2cccc(OC)c2)cc1. The fourth-order valence-corrected chi connectivity index (χ4v) is 3.83. The van der Waals surface area contributed by atoms with Crippen LogP contribution in [0.25, 0.3) is 0 Å². The van der Waals surface area contributed by atoms with Gasteiger partial charge in [-0.15, -0.1) is 0 Å². The van der Waals surface area contributed by atoms with Crippen LogP contribution in [0.3, 0.4) is 0 Å². The van der Waals surface area contributed by atoms with E-state index in [9.17, 15) is 8.42 Å². The van der Waals surface area contributed by atoms with Gasteiger partial charge >= 0.3 is 0 Å². The second-order valence-electron chi connectivity index (χ2n) is 5.91. The Morgan fingerprint density at radius 3 is 2.33 bits per heavy atom. The monoisotopic (exact) mass is 347 g/mol. The summed E-state index contributed by atoms with van der Waals surface area (Å²) in [6.45, 7) is 3.34. The molecule has 0 fully saturated rings. The molecule has 2 aromatic carbocycles. The highest BCUT2D eigenvalue weighted by atomic mass is 32.2. The normalized spacial score (nSPS) is 11.7. The van der Waals surface area contributed by atoms with Crippen LogP contribution in [0.15, 0.2) is 53.4 Å². The maximum absolute atomic E-state index is 12.5. The van der Waals surface area contributed by atoms with Crippen molar-refractivity contribution in [2.24, 2.45) is 0 Å². The molecule has 2 aromatic rings. The smallest absolute Gasteiger partial charge is 0.179 e. The summed E-state index contributed by atoms with van der Waals surface area (Å²) in [6, 6.07) is 15.1. The van der Waals surface area contributed by atoms with Gasteiger partial charge in [0.05, 0.1) is 17.8 Å². The van der Waals surface area contributed by atoms with Crippen LogP contribution in [0.5, 0.6) is 5.75 Å². The Balaban J connectivity index is 1.95. The summed E-state index contributed by atoms with van der Waals surface area (Å²) in [7, 11) is 0.158. The minimum Gasteiger partial charge on any atom is -0.497 e. The zero-order valence-electron chi connectivity index (χ0n) is 14.5. The van der Waals surface area contributed by atoms with Crippen molar-refractivity contribution in [3.63, 3.8) is 0 Å². The molecule has 0 unspecified atom stereocenters. The molecule has 0 bridgehead atoms. The summed E-state index contributed by atoms with van der Waals surface area (Å²) in [6.07, 6.45) is 1.02. The lowest BCUT2D eigenvalue weighted by Crippen LogP contribution is -2.25. The maximum atomic E-state index is 12.5. The molecule has 5 heteroatoms. The maximum Gasteiger partial charge on any atom is 0.179 e. The third-order valence-electron chi connectivity index (χ3n) is 4.03. The Labute approximate surface area is 145 Å². The average molecular weight is 347 g/mol. The average Bonchev–Trinajstić information content (AvgIpc) is 2.61. The standard InChI is InChI=1S/C19H25NO3S/c1-4-16-8-10-17(11-9-16)15-20(2)12-13-24(21,22)19-7-5-6-18(14-19)23-3/h5-11,14H,4,12-13,15H2,1-3H3. The molecule has 0 heterocycles. The van der Waals surface area contributed by atoms with Gasteiger partial charge in [0.1, 0.15) is 5.75 Å². The molecule has 0 aliphatic heterocycles. The van der Waals surface area contributed by atoms with E-state index in [1.807, 2.05) is 11.9 Å². The van der Waals surface area contributed by atoms with Crippen LogP contribution >= 0.6 is 0 Å². The highest BCUT2D eigenvalue weighted by Gasteiger charge is 2.16. The van der Waals surface area contributed by atoms with E-state index < -0.39 is 9.84 Å². The number of hydrogen-bond donors (Lipinski definition) is 0. The molecule has 0 aliphatic carbocycles. The van der Waals surface area contributed by atoms with Gasteiger partial charge in [0.15, 0.2) is 9.84 Å². The van der Waals surface area contributed by atoms with Crippen LogP contribution in [0.2, 0.25) is 0 Å². The number of rotatable bonds is 8. The Morgan fingerprint density at radius 2 is 1.71 bits per heavy atom. The topological polar surface area (TPSA) is 46.6 Å². The first-order valence-electron chi connectivity index (χ1n) is 8.08. The number of sulfone groups is 1. The molecule has 0 amide bonds. The van der Waals surface area contributed by atoms with Crippen molar-refractivity contribution in [1.82, 2.24) is 4.90 Å². The number of ether oxygens (including phenoxy) is 1. The van der Waals surface area contributed by atoms with E-state index in [0.29, 0.717) is 17.2 Å². The number of nitrogens with zero attached hydrogens (tertiary/aromatic N) is 1. The van der Waals surface area contributed by atoms with Crippen molar-refractivity contribution in [2.75, 3.05) is 26.5 Å². The lowest BCUT2D eigenvalue weighted by atomic mass is 10.1. The van der Waals surface area contributed by atoms with Crippen LogP contribution in [-0.4, -0.2) is 39.8 Å². The van der Waals surface area contributed by atoms with Crippen molar-refractivity contribution in [3.8, 4) is 5.75 Å². The first-order chi connectivity index (χ1) is 11.4. The Bertz CT molecular complexity index is 754. The minimum absolute atomic E-state index is 0.0870. The van der Waals surface area contributed by atoms with Crippen LogP contribution in [0.4, 0.5) is 0 Å². The molecule has 0 spiro atoms. The lowest BCUT2D eigenvalue weighted by Gasteiger charge is -2.17. The van der Waals surface area contributed by atoms with Crippen LogP contribution < -0.4 is 4.74 Å². The van der Waals surface area contributed by atoms with E-state index in [2.05, 4.69) is 31.2 Å². The highest BCUT2D eigenvalue weighted by molar-refractivity contribution is 7.91. The predicted octanol–water partition coefficient (Wildman–Crippen LogP) is 3.16. The van der Waals surface area contributed by atoms with E-state index in [1.54, 1.807) is 24.3 Å². The van der Waals surface area contributed by atoms with Gasteiger partial charge < -0.3 is 9.64 Å². The third-order valence-corrected chi connectivity index (χ3v) is 5.72. The molecule has 0 aromatic heterocycles. The van der Waals surface area contributed by atoms with Crippen LogP contribution in [0.1, 0.15) is 18.1 Å². The first kappa shape index (κ1) is 18.5. The fraction of sp³-hybridized carbons (Fsp3) is 0.368. The van der Waals surface area contributed by atoms with Gasteiger partial charge in [0.25, 0.3) is 0 Å². The fourth-order valence-electron chi connectivity index (χ4n) is 2.46. The van der Waals surface area contributed by atoms with E-state index in [4.69, 9.17) is 4.74 Å².